The van der Waals surface area contributed by atoms with Gasteiger partial charge in [0.05, 0.1) is 5.56 Å². The van der Waals surface area contributed by atoms with Gasteiger partial charge in [-0.2, -0.15) is 22.5 Å². The minimum atomic E-state index is -4.52. The van der Waals surface area contributed by atoms with Crippen molar-refractivity contribution in [3.8, 4) is 11.3 Å². The predicted octanol–water partition coefficient (Wildman–Crippen LogP) is 5.77. The topological polar surface area (TPSA) is 92.4 Å². The molecule has 1 aliphatic rings. The molecule has 0 amide bonds. The van der Waals surface area contributed by atoms with Crippen molar-refractivity contribution in [1.29, 1.82) is 0 Å². The van der Waals surface area contributed by atoms with E-state index in [1.807, 2.05) is 42.2 Å². The third-order valence-corrected chi connectivity index (χ3v) is 8.21. The van der Waals surface area contributed by atoms with Gasteiger partial charge in [0.1, 0.15) is 22.7 Å². The maximum Gasteiger partial charge on any atom is 0.416 e. The second-order valence-corrected chi connectivity index (χ2v) is 11.3. The normalized spacial score (nSPS) is 15.7. The van der Waals surface area contributed by atoms with Crippen LogP contribution in [0.1, 0.15) is 36.7 Å². The summed E-state index contributed by atoms with van der Waals surface area (Å²) in [5, 5.41) is 5.71. The van der Waals surface area contributed by atoms with Gasteiger partial charge in [-0.1, -0.05) is 54.5 Å². The van der Waals surface area contributed by atoms with Crippen molar-refractivity contribution in [3.05, 3.63) is 77.0 Å². The molecule has 4 aromatic rings. The first-order valence-electron chi connectivity index (χ1n) is 13.0. The van der Waals surface area contributed by atoms with Gasteiger partial charge in [0.25, 0.3) is 5.71 Å². The zero-order chi connectivity index (χ0) is 28.3. The minimum absolute atomic E-state index is 0.181. The molecule has 0 bridgehead atoms. The Balaban J connectivity index is 1.48. The lowest BCUT2D eigenvalue weighted by Gasteiger charge is -2.23. The van der Waals surface area contributed by atoms with Crippen LogP contribution in [0.2, 0.25) is 0 Å². The summed E-state index contributed by atoms with van der Waals surface area (Å²) >= 11 is 0. The average Bonchev–Trinajstić information content (AvgIpc) is 3.20. The standard InChI is InChI=1S/C28H28F3N5O3S/c1-2-8-23-32-26(24-25(34-39-27(24)33-23)21-11-6-12-22(19-21)28(29,30)31)35-14-7-15-36(17-16-35)40(37,38)18-13-20-9-4-3-5-10-20/h3-6,9-13,18-19H,2,7-8,14-17H2,1H3/b18-13+. The molecular weight excluding hydrogens is 543 g/mol. The van der Waals surface area contributed by atoms with Crippen molar-refractivity contribution in [2.45, 2.75) is 32.4 Å². The van der Waals surface area contributed by atoms with Gasteiger partial charge in [0, 0.05) is 43.6 Å². The Morgan fingerprint density at radius 3 is 2.55 bits per heavy atom. The Kier molecular flexibility index (Phi) is 7.90. The van der Waals surface area contributed by atoms with Gasteiger partial charge in [0.15, 0.2) is 0 Å². The lowest BCUT2D eigenvalue weighted by Crippen LogP contribution is -2.34. The van der Waals surface area contributed by atoms with Crippen molar-refractivity contribution in [1.82, 2.24) is 19.4 Å². The Hall–Kier alpha value is -3.77. The van der Waals surface area contributed by atoms with E-state index in [-0.39, 0.29) is 23.5 Å². The van der Waals surface area contributed by atoms with E-state index in [1.165, 1.54) is 21.8 Å². The first-order valence-corrected chi connectivity index (χ1v) is 14.5. The van der Waals surface area contributed by atoms with Crippen LogP contribution in [0.5, 0.6) is 0 Å². The average molecular weight is 572 g/mol. The molecule has 40 heavy (non-hydrogen) atoms. The summed E-state index contributed by atoms with van der Waals surface area (Å²) in [6, 6.07) is 14.1. The molecule has 0 spiro atoms. The first kappa shape index (κ1) is 27.8. The van der Waals surface area contributed by atoms with E-state index in [2.05, 4.69) is 10.1 Å². The Morgan fingerprint density at radius 2 is 1.80 bits per heavy atom. The van der Waals surface area contributed by atoms with E-state index in [1.54, 1.807) is 6.08 Å². The van der Waals surface area contributed by atoms with Crippen LogP contribution in [0, 0.1) is 0 Å². The summed E-state index contributed by atoms with van der Waals surface area (Å²) in [4.78, 5) is 11.2. The van der Waals surface area contributed by atoms with E-state index >= 15 is 0 Å². The number of sulfonamides is 1. The Labute approximate surface area is 230 Å². The fourth-order valence-electron chi connectivity index (χ4n) is 4.66. The third kappa shape index (κ3) is 6.02. The van der Waals surface area contributed by atoms with Crippen LogP contribution in [-0.2, 0) is 22.6 Å². The number of nitrogens with zero attached hydrogens (tertiary/aromatic N) is 5. The molecule has 2 aromatic heterocycles. The van der Waals surface area contributed by atoms with Crippen LogP contribution in [-0.4, -0.2) is 54.0 Å². The maximum absolute atomic E-state index is 13.4. The number of anilines is 1. The van der Waals surface area contributed by atoms with Crippen LogP contribution in [0.15, 0.2) is 64.5 Å². The number of hydrogen-bond acceptors (Lipinski definition) is 7. The van der Waals surface area contributed by atoms with Crippen molar-refractivity contribution < 1.29 is 26.1 Å². The van der Waals surface area contributed by atoms with E-state index in [0.29, 0.717) is 49.5 Å². The van der Waals surface area contributed by atoms with E-state index in [0.717, 1.165) is 24.1 Å². The summed E-state index contributed by atoms with van der Waals surface area (Å²) in [6.45, 7) is 3.32. The molecule has 2 aromatic carbocycles. The smallest absolute Gasteiger partial charge is 0.354 e. The fourth-order valence-corrected chi connectivity index (χ4v) is 5.88. The second-order valence-electron chi connectivity index (χ2n) is 9.50. The molecular formula is C28H28F3N5O3S. The van der Waals surface area contributed by atoms with Crippen LogP contribution in [0.25, 0.3) is 28.4 Å². The molecule has 0 atom stereocenters. The summed E-state index contributed by atoms with van der Waals surface area (Å²) in [7, 11) is -3.67. The number of halogens is 3. The molecule has 1 aliphatic heterocycles. The Bertz CT molecular complexity index is 1620. The summed E-state index contributed by atoms with van der Waals surface area (Å²) in [5.74, 6) is 0.998. The van der Waals surface area contributed by atoms with Gasteiger partial charge >= 0.3 is 6.18 Å². The maximum atomic E-state index is 13.4. The van der Waals surface area contributed by atoms with E-state index < -0.39 is 21.8 Å². The number of benzene rings is 2. The quantitative estimate of drug-likeness (QED) is 0.278. The van der Waals surface area contributed by atoms with Gasteiger partial charge < -0.3 is 9.42 Å². The molecule has 3 heterocycles. The zero-order valence-corrected chi connectivity index (χ0v) is 22.6. The van der Waals surface area contributed by atoms with Crippen LogP contribution >= 0.6 is 0 Å². The number of aromatic nitrogens is 3. The van der Waals surface area contributed by atoms with Crippen molar-refractivity contribution in [2.24, 2.45) is 0 Å². The van der Waals surface area contributed by atoms with Gasteiger partial charge in [-0.3, -0.25) is 0 Å². The lowest BCUT2D eigenvalue weighted by atomic mass is 10.1. The zero-order valence-electron chi connectivity index (χ0n) is 21.8. The highest BCUT2D eigenvalue weighted by molar-refractivity contribution is 7.92. The molecule has 12 heteroatoms. The number of aryl methyl sites for hydroxylation is 1. The molecule has 0 saturated carbocycles. The molecule has 1 saturated heterocycles. The molecule has 0 radical (unpaired) electrons. The highest BCUT2D eigenvalue weighted by atomic mass is 32.2. The number of alkyl halides is 3. The van der Waals surface area contributed by atoms with Crippen molar-refractivity contribution in [3.63, 3.8) is 0 Å². The van der Waals surface area contributed by atoms with E-state index in [4.69, 9.17) is 9.51 Å². The summed E-state index contributed by atoms with van der Waals surface area (Å²) in [6.07, 6.45) is -1.07. The SMILES string of the molecule is CCCc1nc(N2CCCN(S(=O)(=O)/C=C/c3ccccc3)CC2)c2c(-c3cccc(C(F)(F)F)c3)noc2n1. The van der Waals surface area contributed by atoms with Gasteiger partial charge in [-0.15, -0.1) is 0 Å². The van der Waals surface area contributed by atoms with Gasteiger partial charge in [0.2, 0.25) is 10.0 Å². The highest BCUT2D eigenvalue weighted by Gasteiger charge is 2.32. The molecule has 5 rings (SSSR count). The van der Waals surface area contributed by atoms with Gasteiger partial charge in [-0.25, -0.2) is 13.4 Å². The Morgan fingerprint density at radius 1 is 1.00 bits per heavy atom. The predicted molar refractivity (Wildman–Crippen MR) is 147 cm³/mol. The van der Waals surface area contributed by atoms with Crippen LogP contribution < -0.4 is 4.90 Å². The molecule has 8 nitrogen and oxygen atoms in total. The molecule has 210 valence electrons. The fraction of sp³-hybridized carbons (Fsp3) is 0.321. The molecule has 0 aliphatic carbocycles. The monoisotopic (exact) mass is 571 g/mol. The van der Waals surface area contributed by atoms with E-state index in [9.17, 15) is 21.6 Å². The summed E-state index contributed by atoms with van der Waals surface area (Å²) in [5.41, 5.74) is 0.597. The number of fused-ring (bicyclic) bond motifs is 1. The van der Waals surface area contributed by atoms with Crippen LogP contribution in [0.4, 0.5) is 19.0 Å². The molecule has 1 fully saturated rings. The van der Waals surface area contributed by atoms with Gasteiger partial charge in [-0.05, 0) is 36.6 Å². The second kappa shape index (κ2) is 11.4. The largest absolute Gasteiger partial charge is 0.416 e. The van der Waals surface area contributed by atoms with Crippen molar-refractivity contribution >= 4 is 33.0 Å². The lowest BCUT2D eigenvalue weighted by molar-refractivity contribution is -0.137. The van der Waals surface area contributed by atoms with Crippen molar-refractivity contribution in [2.75, 3.05) is 31.1 Å². The third-order valence-electron chi connectivity index (χ3n) is 6.65. The minimum Gasteiger partial charge on any atom is -0.354 e. The summed E-state index contributed by atoms with van der Waals surface area (Å²) < 4.78 is 73.4. The molecule has 0 unspecified atom stereocenters. The first-order chi connectivity index (χ1) is 19.2. The number of hydrogen-bond donors (Lipinski definition) is 0. The molecule has 0 N–H and O–H groups in total. The number of rotatable bonds is 7. The van der Waals surface area contributed by atoms with Crippen LogP contribution in [0.3, 0.4) is 0 Å². The highest BCUT2D eigenvalue weighted by Crippen LogP contribution is 2.37.